The molecule has 0 heterocycles. The minimum absolute atomic E-state index is 0.161. The second-order valence-corrected chi connectivity index (χ2v) is 16.7. The van der Waals surface area contributed by atoms with E-state index >= 15 is 0 Å². The molecule has 0 aliphatic heterocycles. The van der Waals surface area contributed by atoms with E-state index < -0.39 is 11.4 Å². The number of unbranched alkanes of at least 4 members (excludes halogenated alkanes) is 28. The van der Waals surface area contributed by atoms with Crippen molar-refractivity contribution in [1.29, 1.82) is 0 Å². The van der Waals surface area contributed by atoms with Crippen molar-refractivity contribution in [3.63, 3.8) is 0 Å². The van der Waals surface area contributed by atoms with E-state index in [0.717, 1.165) is 25.7 Å². The van der Waals surface area contributed by atoms with Crippen LogP contribution in [0.5, 0.6) is 0 Å². The van der Waals surface area contributed by atoms with E-state index in [9.17, 15) is 9.59 Å². The smallest absolute Gasteiger partial charge is 0.310 e. The SMILES string of the molecule is CCCCCCCCCCCCCCCCCC(=O)OC(C)(C)[N+](C)(C)C(C)(C)OC(=O)CCCCCCCCCCCCCCCCC. The molecule has 0 unspecified atom stereocenters. The number of nitrogens with zero attached hydrogens (tertiary/aromatic N) is 1. The second kappa shape index (κ2) is 30.5. The van der Waals surface area contributed by atoms with Gasteiger partial charge in [0, 0.05) is 40.5 Å². The summed E-state index contributed by atoms with van der Waals surface area (Å²) >= 11 is 0. The Morgan fingerprint density at radius 1 is 0.367 bits per heavy atom. The van der Waals surface area contributed by atoms with Gasteiger partial charge in [-0.2, -0.15) is 0 Å². The van der Waals surface area contributed by atoms with E-state index in [0.29, 0.717) is 12.8 Å². The van der Waals surface area contributed by atoms with Gasteiger partial charge in [0.1, 0.15) is 0 Å². The highest BCUT2D eigenvalue weighted by atomic mass is 16.6. The molecule has 0 N–H and O–H groups in total. The fourth-order valence-corrected chi connectivity index (χ4v) is 6.82. The minimum atomic E-state index is -0.828. The summed E-state index contributed by atoms with van der Waals surface area (Å²) in [5.41, 5.74) is -1.66. The Labute approximate surface area is 307 Å². The number of carbonyl (C=O) groups is 2. The highest BCUT2D eigenvalue weighted by Gasteiger charge is 2.52. The van der Waals surface area contributed by atoms with Crippen LogP contribution in [0.25, 0.3) is 0 Å². The van der Waals surface area contributed by atoms with Crippen molar-refractivity contribution in [2.24, 2.45) is 0 Å². The molecule has 0 aromatic rings. The summed E-state index contributed by atoms with van der Waals surface area (Å²) in [7, 11) is 3.98. The van der Waals surface area contributed by atoms with Crippen LogP contribution in [0.1, 0.15) is 247 Å². The van der Waals surface area contributed by atoms with Crippen molar-refractivity contribution in [2.45, 2.75) is 258 Å². The van der Waals surface area contributed by atoms with Crippen LogP contribution in [0.2, 0.25) is 0 Å². The largest absolute Gasteiger partial charge is 0.410 e. The maximum Gasteiger partial charge on any atom is 0.310 e. The Hall–Kier alpha value is -1.10. The first-order valence-electron chi connectivity index (χ1n) is 21.7. The van der Waals surface area contributed by atoms with Gasteiger partial charge in [0.15, 0.2) is 0 Å². The molecule has 0 aliphatic rings. The van der Waals surface area contributed by atoms with Crippen LogP contribution in [0, 0.1) is 0 Å². The Balaban J connectivity index is 4.02. The molecule has 49 heavy (non-hydrogen) atoms. The van der Waals surface area contributed by atoms with E-state index in [2.05, 4.69) is 13.8 Å². The molecule has 292 valence electrons. The third kappa shape index (κ3) is 25.5. The first kappa shape index (κ1) is 47.9. The van der Waals surface area contributed by atoms with Crippen LogP contribution in [0.4, 0.5) is 0 Å². The molecular formula is C44H88NO4+. The average Bonchev–Trinajstić information content (AvgIpc) is 3.04. The number of carbonyl (C=O) groups excluding carboxylic acids is 2. The lowest BCUT2D eigenvalue weighted by Gasteiger charge is -2.51. The Kier molecular flexibility index (Phi) is 29.8. The van der Waals surface area contributed by atoms with E-state index in [1.807, 2.05) is 41.8 Å². The zero-order valence-corrected chi connectivity index (χ0v) is 34.7. The van der Waals surface area contributed by atoms with Gasteiger partial charge in [0.05, 0.1) is 14.1 Å². The molecule has 0 radical (unpaired) electrons. The van der Waals surface area contributed by atoms with Crippen LogP contribution in [-0.2, 0) is 19.1 Å². The fourth-order valence-electron chi connectivity index (χ4n) is 6.82. The zero-order chi connectivity index (χ0) is 36.7. The van der Waals surface area contributed by atoms with Crippen molar-refractivity contribution < 1.29 is 23.5 Å². The standard InChI is InChI=1S/C44H88NO4/c1-9-11-13-15-17-19-21-23-25-27-29-31-33-35-37-39-41(46)48-43(3,4)45(7,8)44(5,6)49-42(47)40-38-36-34-32-30-28-26-24-22-20-18-16-14-12-10-2/h9-40H2,1-8H3/q+1. The highest BCUT2D eigenvalue weighted by Crippen LogP contribution is 2.34. The number of esters is 2. The maximum atomic E-state index is 12.8. The van der Waals surface area contributed by atoms with Crippen LogP contribution in [0.3, 0.4) is 0 Å². The van der Waals surface area contributed by atoms with Gasteiger partial charge in [-0.25, -0.2) is 0 Å². The molecule has 0 spiro atoms. The minimum Gasteiger partial charge on any atom is -0.410 e. The molecule has 0 aliphatic carbocycles. The van der Waals surface area contributed by atoms with Crippen LogP contribution in [-0.4, -0.2) is 42.0 Å². The normalized spacial score (nSPS) is 12.4. The number of rotatable bonds is 36. The van der Waals surface area contributed by atoms with Gasteiger partial charge in [0.25, 0.3) is 0 Å². The Morgan fingerprint density at radius 3 is 0.755 bits per heavy atom. The number of hydrogen-bond donors (Lipinski definition) is 0. The quantitative estimate of drug-likeness (QED) is 0.0283. The number of quaternary nitrogens is 1. The predicted molar refractivity (Wildman–Crippen MR) is 212 cm³/mol. The molecule has 0 amide bonds. The van der Waals surface area contributed by atoms with E-state index in [-0.39, 0.29) is 16.4 Å². The van der Waals surface area contributed by atoms with Crippen molar-refractivity contribution in [1.82, 2.24) is 0 Å². The molecule has 5 heteroatoms. The van der Waals surface area contributed by atoms with Crippen molar-refractivity contribution in [2.75, 3.05) is 14.1 Å². The molecule has 0 atom stereocenters. The number of hydrogen-bond acceptors (Lipinski definition) is 4. The maximum absolute atomic E-state index is 12.8. The fraction of sp³-hybridized carbons (Fsp3) is 0.955. The molecule has 0 saturated carbocycles. The molecule has 0 saturated heterocycles. The Morgan fingerprint density at radius 2 is 0.551 bits per heavy atom. The highest BCUT2D eigenvalue weighted by molar-refractivity contribution is 5.70. The van der Waals surface area contributed by atoms with Gasteiger partial charge in [-0.15, -0.1) is 0 Å². The van der Waals surface area contributed by atoms with Crippen molar-refractivity contribution in [3.8, 4) is 0 Å². The van der Waals surface area contributed by atoms with Crippen molar-refractivity contribution >= 4 is 11.9 Å². The van der Waals surface area contributed by atoms with E-state index in [1.54, 1.807) is 0 Å². The molecule has 0 rings (SSSR count). The molecular weight excluding hydrogens is 606 g/mol. The molecule has 0 bridgehead atoms. The molecule has 0 fully saturated rings. The van der Waals surface area contributed by atoms with Gasteiger partial charge >= 0.3 is 11.9 Å². The summed E-state index contributed by atoms with van der Waals surface area (Å²) in [6, 6.07) is 0. The van der Waals surface area contributed by atoms with Gasteiger partial charge in [-0.3, -0.25) is 14.1 Å². The first-order chi connectivity index (χ1) is 23.4. The van der Waals surface area contributed by atoms with Crippen molar-refractivity contribution in [3.05, 3.63) is 0 Å². The monoisotopic (exact) mass is 695 g/mol. The predicted octanol–water partition coefficient (Wildman–Crippen LogP) is 14.1. The van der Waals surface area contributed by atoms with Gasteiger partial charge in [-0.1, -0.05) is 194 Å². The van der Waals surface area contributed by atoms with E-state index in [1.165, 1.54) is 167 Å². The molecule has 0 aromatic carbocycles. The molecule has 0 aromatic heterocycles. The Bertz CT molecular complexity index is 713. The van der Waals surface area contributed by atoms with Gasteiger partial charge < -0.3 is 9.47 Å². The zero-order valence-electron chi connectivity index (χ0n) is 34.7. The lowest BCUT2D eigenvalue weighted by atomic mass is 10.0. The summed E-state index contributed by atoms with van der Waals surface area (Å²) in [5.74, 6) is -0.323. The van der Waals surface area contributed by atoms with Gasteiger partial charge in [-0.05, 0) is 12.8 Å². The lowest BCUT2D eigenvalue weighted by molar-refractivity contribution is -1.02. The topological polar surface area (TPSA) is 52.6 Å². The summed E-state index contributed by atoms with van der Waals surface area (Å²) in [4.78, 5) is 25.6. The number of ether oxygens (including phenoxy) is 2. The average molecular weight is 695 g/mol. The third-order valence-electron chi connectivity index (χ3n) is 11.4. The third-order valence-corrected chi connectivity index (χ3v) is 11.4. The van der Waals surface area contributed by atoms with Gasteiger partial charge in [0.2, 0.25) is 11.4 Å². The molecule has 5 nitrogen and oxygen atoms in total. The summed E-state index contributed by atoms with van der Waals surface area (Å²) in [5, 5.41) is 0. The van der Waals surface area contributed by atoms with Crippen LogP contribution >= 0.6 is 0 Å². The summed E-state index contributed by atoms with van der Waals surface area (Å²) in [6.07, 6.45) is 40.1. The first-order valence-corrected chi connectivity index (χ1v) is 21.7. The van der Waals surface area contributed by atoms with E-state index in [4.69, 9.17) is 9.47 Å². The van der Waals surface area contributed by atoms with Crippen LogP contribution in [0.15, 0.2) is 0 Å². The summed E-state index contributed by atoms with van der Waals surface area (Å²) in [6.45, 7) is 12.3. The summed E-state index contributed by atoms with van der Waals surface area (Å²) < 4.78 is 12.3. The van der Waals surface area contributed by atoms with Crippen LogP contribution < -0.4 is 0 Å². The lowest BCUT2D eigenvalue weighted by Crippen LogP contribution is -2.69. The second-order valence-electron chi connectivity index (χ2n) is 16.7.